The average Bonchev–Trinajstić information content (AvgIpc) is 2.91. The Morgan fingerprint density at radius 1 is 1.35 bits per heavy atom. The van der Waals surface area contributed by atoms with Gasteiger partial charge in [0.05, 0.1) is 32.4 Å². The normalized spacial score (nSPS) is 24.0. The van der Waals surface area contributed by atoms with Crippen molar-refractivity contribution in [3.05, 3.63) is 29.8 Å². The number of rotatable bonds is 7. The number of carbonyl (C=O) groups is 1. The Morgan fingerprint density at radius 2 is 2.04 bits per heavy atom. The molecule has 0 aliphatic carbocycles. The lowest BCUT2D eigenvalue weighted by Gasteiger charge is -2.27. The number of hydrogen-bond acceptors (Lipinski definition) is 5. The van der Waals surface area contributed by atoms with Crippen LogP contribution in [0.1, 0.15) is 12.0 Å². The number of nitrogens with one attached hydrogen (secondary N) is 1. The summed E-state index contributed by atoms with van der Waals surface area (Å²) in [5.41, 5.74) is 1.07. The van der Waals surface area contributed by atoms with Crippen molar-refractivity contribution in [3.8, 4) is 5.75 Å². The first-order chi connectivity index (χ1) is 11.1. The summed E-state index contributed by atoms with van der Waals surface area (Å²) in [6.07, 6.45) is -0.415. The second kappa shape index (κ2) is 8.14. The number of nitrogens with zero attached hydrogens (tertiary/aromatic N) is 1. The molecule has 3 atom stereocenters. The van der Waals surface area contributed by atoms with Gasteiger partial charge in [-0.15, -0.1) is 0 Å². The van der Waals surface area contributed by atoms with E-state index in [1.807, 2.05) is 24.3 Å². The van der Waals surface area contributed by atoms with Gasteiger partial charge < -0.3 is 25.0 Å². The van der Waals surface area contributed by atoms with E-state index < -0.39 is 12.1 Å². The standard InChI is InChI=1S/C16H24N2O5/c1-22-10-12-7-14(15(9-19)18(12)16(20)21)17-8-11-3-5-13(23-2)6-4-11/h3-6,12,14-15,17,19H,7-10H2,1-2H3,(H,20,21)/t12-,14-,15-/m0/s1. The average molecular weight is 324 g/mol. The number of hydrogen-bond donors (Lipinski definition) is 3. The third-order valence-corrected chi connectivity index (χ3v) is 4.24. The van der Waals surface area contributed by atoms with E-state index in [9.17, 15) is 15.0 Å². The molecule has 1 fully saturated rings. The maximum atomic E-state index is 11.5. The van der Waals surface area contributed by atoms with Gasteiger partial charge in [0.25, 0.3) is 0 Å². The van der Waals surface area contributed by atoms with E-state index >= 15 is 0 Å². The van der Waals surface area contributed by atoms with Gasteiger partial charge in [-0.1, -0.05) is 12.1 Å². The number of benzene rings is 1. The summed E-state index contributed by atoms with van der Waals surface area (Å²) in [6, 6.07) is 6.85. The summed E-state index contributed by atoms with van der Waals surface area (Å²) in [4.78, 5) is 12.8. The number of amides is 1. The molecule has 23 heavy (non-hydrogen) atoms. The highest BCUT2D eigenvalue weighted by molar-refractivity contribution is 5.66. The Balaban J connectivity index is 2.01. The summed E-state index contributed by atoms with van der Waals surface area (Å²) in [6.45, 7) is 0.703. The first-order valence-corrected chi connectivity index (χ1v) is 7.58. The fraction of sp³-hybridized carbons (Fsp3) is 0.562. The number of ether oxygens (including phenoxy) is 2. The smallest absolute Gasteiger partial charge is 0.408 e. The lowest BCUT2D eigenvalue weighted by Crippen LogP contribution is -2.48. The summed E-state index contributed by atoms with van der Waals surface area (Å²) in [5, 5.41) is 22.3. The first-order valence-electron chi connectivity index (χ1n) is 7.58. The Hall–Kier alpha value is -1.83. The van der Waals surface area contributed by atoms with E-state index in [4.69, 9.17) is 9.47 Å². The topological polar surface area (TPSA) is 91.3 Å². The Labute approximate surface area is 135 Å². The highest BCUT2D eigenvalue weighted by atomic mass is 16.5. The SMILES string of the molecule is COC[C@@H]1C[C@H](NCc2ccc(OC)cc2)[C@H](CO)N1C(=O)O. The van der Waals surface area contributed by atoms with Crippen LogP contribution in [0.15, 0.2) is 24.3 Å². The molecule has 2 rings (SSSR count). The zero-order chi connectivity index (χ0) is 16.8. The lowest BCUT2D eigenvalue weighted by molar-refractivity contribution is 0.0669. The predicted molar refractivity (Wildman–Crippen MR) is 84.6 cm³/mol. The number of aliphatic hydroxyl groups excluding tert-OH is 1. The molecular weight excluding hydrogens is 300 g/mol. The van der Waals surface area contributed by atoms with E-state index in [2.05, 4.69) is 5.32 Å². The molecule has 0 bridgehead atoms. The third kappa shape index (κ3) is 4.13. The van der Waals surface area contributed by atoms with Crippen molar-refractivity contribution in [1.82, 2.24) is 10.2 Å². The van der Waals surface area contributed by atoms with Gasteiger partial charge in [-0.3, -0.25) is 4.90 Å². The summed E-state index contributed by atoms with van der Waals surface area (Å²) < 4.78 is 10.2. The Bertz CT molecular complexity index is 508. The highest BCUT2D eigenvalue weighted by Gasteiger charge is 2.43. The van der Waals surface area contributed by atoms with Gasteiger partial charge in [0.1, 0.15) is 5.75 Å². The molecule has 7 nitrogen and oxygen atoms in total. The zero-order valence-corrected chi connectivity index (χ0v) is 13.4. The molecule has 0 unspecified atom stereocenters. The van der Waals surface area contributed by atoms with Crippen molar-refractivity contribution < 1.29 is 24.5 Å². The predicted octanol–water partition coefficient (Wildman–Crippen LogP) is 0.913. The van der Waals surface area contributed by atoms with Gasteiger partial charge in [0.15, 0.2) is 0 Å². The molecule has 0 radical (unpaired) electrons. The van der Waals surface area contributed by atoms with Crippen LogP contribution < -0.4 is 10.1 Å². The van der Waals surface area contributed by atoms with Crippen LogP contribution in [0.3, 0.4) is 0 Å². The molecule has 0 aromatic heterocycles. The van der Waals surface area contributed by atoms with Gasteiger partial charge in [0, 0.05) is 19.7 Å². The van der Waals surface area contributed by atoms with E-state index in [0.29, 0.717) is 19.6 Å². The highest BCUT2D eigenvalue weighted by Crippen LogP contribution is 2.25. The van der Waals surface area contributed by atoms with Crippen LogP contribution in [0, 0.1) is 0 Å². The second-order valence-corrected chi connectivity index (χ2v) is 5.62. The fourth-order valence-electron chi connectivity index (χ4n) is 3.09. The minimum absolute atomic E-state index is 0.113. The van der Waals surface area contributed by atoms with Crippen LogP contribution in [0.2, 0.25) is 0 Å². The summed E-state index contributed by atoms with van der Waals surface area (Å²) in [7, 11) is 3.17. The largest absolute Gasteiger partial charge is 0.497 e. The van der Waals surface area contributed by atoms with Crippen LogP contribution in [-0.4, -0.2) is 66.8 Å². The quantitative estimate of drug-likeness (QED) is 0.691. The molecule has 1 aliphatic rings. The van der Waals surface area contributed by atoms with Gasteiger partial charge in [0.2, 0.25) is 0 Å². The monoisotopic (exact) mass is 324 g/mol. The van der Waals surface area contributed by atoms with Crippen LogP contribution >= 0.6 is 0 Å². The van der Waals surface area contributed by atoms with E-state index in [-0.39, 0.29) is 18.7 Å². The first kappa shape index (κ1) is 17.5. The van der Waals surface area contributed by atoms with Crippen LogP contribution in [0.4, 0.5) is 4.79 Å². The van der Waals surface area contributed by atoms with Crippen LogP contribution in [0.5, 0.6) is 5.75 Å². The van der Waals surface area contributed by atoms with Crippen molar-refractivity contribution in [1.29, 1.82) is 0 Å². The fourth-order valence-corrected chi connectivity index (χ4v) is 3.09. The maximum Gasteiger partial charge on any atom is 0.408 e. The molecule has 1 amide bonds. The number of carboxylic acid groups (broad SMARTS) is 1. The van der Waals surface area contributed by atoms with Gasteiger partial charge in [-0.05, 0) is 24.1 Å². The number of aliphatic hydroxyl groups is 1. The van der Waals surface area contributed by atoms with Crippen molar-refractivity contribution in [3.63, 3.8) is 0 Å². The second-order valence-electron chi connectivity index (χ2n) is 5.62. The molecule has 7 heteroatoms. The van der Waals surface area contributed by atoms with Crippen LogP contribution in [-0.2, 0) is 11.3 Å². The molecule has 1 heterocycles. The number of likely N-dealkylation sites (tertiary alicyclic amines) is 1. The molecule has 0 saturated carbocycles. The van der Waals surface area contributed by atoms with Gasteiger partial charge in [-0.25, -0.2) is 4.79 Å². The van der Waals surface area contributed by atoms with Crippen molar-refractivity contribution in [2.24, 2.45) is 0 Å². The molecule has 0 spiro atoms. The van der Waals surface area contributed by atoms with Gasteiger partial charge >= 0.3 is 6.09 Å². The van der Waals surface area contributed by atoms with E-state index in [1.165, 1.54) is 4.90 Å². The molecule has 1 aromatic rings. The lowest BCUT2D eigenvalue weighted by atomic mass is 10.1. The molecule has 1 saturated heterocycles. The minimum Gasteiger partial charge on any atom is -0.497 e. The summed E-state index contributed by atoms with van der Waals surface area (Å²) >= 11 is 0. The molecular formula is C16H24N2O5. The van der Waals surface area contributed by atoms with Crippen LogP contribution in [0.25, 0.3) is 0 Å². The van der Waals surface area contributed by atoms with Crippen molar-refractivity contribution in [2.45, 2.75) is 31.1 Å². The zero-order valence-electron chi connectivity index (χ0n) is 13.4. The maximum absolute atomic E-state index is 11.5. The Morgan fingerprint density at radius 3 is 2.57 bits per heavy atom. The van der Waals surface area contributed by atoms with Crippen molar-refractivity contribution >= 4 is 6.09 Å². The van der Waals surface area contributed by atoms with E-state index in [1.54, 1.807) is 14.2 Å². The molecule has 1 aromatic carbocycles. The summed E-state index contributed by atoms with van der Waals surface area (Å²) in [5.74, 6) is 0.792. The third-order valence-electron chi connectivity index (χ3n) is 4.24. The van der Waals surface area contributed by atoms with Gasteiger partial charge in [-0.2, -0.15) is 0 Å². The van der Waals surface area contributed by atoms with Crippen molar-refractivity contribution in [2.75, 3.05) is 27.4 Å². The molecule has 3 N–H and O–H groups in total. The Kier molecular flexibility index (Phi) is 6.20. The molecule has 128 valence electrons. The number of methoxy groups -OCH3 is 2. The minimum atomic E-state index is -1.03. The van der Waals surface area contributed by atoms with E-state index in [0.717, 1.165) is 11.3 Å². The molecule has 1 aliphatic heterocycles.